The molecule has 12 nitrogen and oxygen atoms in total. The number of aliphatic hydroxyl groups is 2. The SMILES string of the molecule is BrC[C@@H]1CC[C@@H]1CBr.C.C.C.C.C.C.C.CC=C1C[C@H]2CC[C@H]2C1.CCC1(CN)C[C@H]2CC[C@H]2C1.CCC1(C[N+](=O)[O-])C[C@H]2CC[C@H]2C1.CC[C@@H]1CC[C@@H]1CC.Cl.NCC1(CC(=O)O)C[C@H]2CC[C@H]2C1.O=C1CC2(CN1)C[C@H]1CC[C@H]1C2.O=C1C[C@H]2CC[C@H]2C1.OC[C@@H]1CC[C@@H]1CO. The number of nitro groups is 1. The lowest BCUT2D eigenvalue weighted by molar-refractivity contribution is -0.497. The molecule has 0 aromatic rings. The van der Waals surface area contributed by atoms with Crippen LogP contribution >= 0.6 is 44.3 Å². The molecule has 1 saturated heterocycles. The first kappa shape index (κ1) is 96.8. The van der Waals surface area contributed by atoms with Crippen molar-refractivity contribution in [2.75, 3.05) is 50.1 Å². The zero-order chi connectivity index (χ0) is 64.8. The van der Waals surface area contributed by atoms with E-state index in [1.165, 1.54) is 171 Å². The number of aliphatic carboxylic acids is 1. The van der Waals surface area contributed by atoms with Crippen LogP contribution in [0.5, 0.6) is 0 Å². The van der Waals surface area contributed by atoms with Crippen molar-refractivity contribution in [3.63, 3.8) is 0 Å². The molecule has 15 aliphatic carbocycles. The molecule has 15 heteroatoms. The number of amides is 1. The molecule has 0 bridgehead atoms. The largest absolute Gasteiger partial charge is 0.481 e. The lowest BCUT2D eigenvalue weighted by Gasteiger charge is -2.35. The van der Waals surface area contributed by atoms with Crippen LogP contribution in [0.4, 0.5) is 0 Å². The molecular weight excluding hydrogens is 1380 g/mol. The number of hydrogen-bond acceptors (Lipinski definition) is 9. The number of nitrogens with zero attached hydrogens (tertiary/aromatic N) is 1. The number of aliphatic hydroxyl groups excluding tert-OH is 2. The average Bonchev–Trinajstić information content (AvgIpc) is 1.63. The van der Waals surface area contributed by atoms with Crippen molar-refractivity contribution in [1.29, 1.82) is 0 Å². The summed E-state index contributed by atoms with van der Waals surface area (Å²) in [4.78, 5) is 43.0. The maximum atomic E-state index is 11.1. The van der Waals surface area contributed by atoms with E-state index in [2.05, 4.69) is 77.9 Å². The lowest BCUT2D eigenvalue weighted by atomic mass is 9.71. The van der Waals surface area contributed by atoms with E-state index >= 15 is 0 Å². The summed E-state index contributed by atoms with van der Waals surface area (Å²) in [6, 6.07) is 0. The van der Waals surface area contributed by atoms with E-state index in [-0.39, 0.29) is 112 Å². The van der Waals surface area contributed by atoms with Gasteiger partial charge in [0.05, 0.1) is 6.42 Å². The van der Waals surface area contributed by atoms with Crippen LogP contribution in [0.1, 0.15) is 318 Å². The summed E-state index contributed by atoms with van der Waals surface area (Å²) in [6.45, 7) is 14.4. The minimum atomic E-state index is -0.688. The molecule has 16 rings (SSSR count). The monoisotopic (exact) mass is 1530 g/mol. The molecule has 0 radical (unpaired) electrons. The van der Waals surface area contributed by atoms with Gasteiger partial charge in [0.2, 0.25) is 12.5 Å². The minimum absolute atomic E-state index is 0. The van der Waals surface area contributed by atoms with Gasteiger partial charge in [0.15, 0.2) is 0 Å². The number of carbonyl (C=O) groups is 3. The quantitative estimate of drug-likeness (QED) is 0.0418. The molecule has 1 aliphatic heterocycles. The second-order valence-electron chi connectivity index (χ2n) is 33.4. The maximum absolute atomic E-state index is 11.1. The summed E-state index contributed by atoms with van der Waals surface area (Å²) in [5.41, 5.74) is 14.2. The Bertz CT molecular complexity index is 2090. The fraction of sp³-hybridized carbons (Fsp3) is 0.940. The number of halogens is 3. The molecule has 4 unspecified atom stereocenters. The van der Waals surface area contributed by atoms with Gasteiger partial charge in [0.25, 0.3) is 0 Å². The molecule has 98 heavy (non-hydrogen) atoms. The zero-order valence-corrected chi connectivity index (χ0v) is 61.7. The second kappa shape index (κ2) is 45.4. The van der Waals surface area contributed by atoms with Gasteiger partial charge in [-0.2, -0.15) is 0 Å². The predicted octanol–water partition coefficient (Wildman–Crippen LogP) is 21.8. The molecule has 580 valence electrons. The molecule has 0 aromatic heterocycles. The number of carboxylic acid groups (broad SMARTS) is 1. The molecule has 16 aliphatic rings. The van der Waals surface area contributed by atoms with Crippen LogP contribution in [0.15, 0.2) is 11.6 Å². The van der Waals surface area contributed by atoms with Crippen molar-refractivity contribution in [3.05, 3.63) is 21.8 Å². The van der Waals surface area contributed by atoms with Gasteiger partial charge in [-0.3, -0.25) is 24.5 Å². The Morgan fingerprint density at radius 3 is 1.05 bits per heavy atom. The standard InChI is InChI=1S/2C10H17NO2.C10H15NO.C10H19N.C9H14.C8H16.C7H10O.C6H10Br2.C6H12O2.7CH4.ClH/c11-6-10(5-9(12)13)3-7-1-2-8(7)4-10;1-2-10(7-11(12)13)5-8-3-4-9(8)6-10;12-9-5-10(6-11-9)3-7-1-2-8(7)4-10;1-2-10(7-11)5-8-3-4-9(8)6-10;1-2-7-5-8-3-4-9(8)6-7;1-3-7-5-6-8(7)4-2;8-7-3-5-1-2-6(5)4-7;2*7-3-5-1-2-6(5)4-8;;;;;;;;/h7-8H,1-6,11H2,(H,12,13);8-9H,2-7H2,1H3;7-8H,1-6H2,(H,11,12);8-9H,2-7,11H2,1H3;2,8-9H,3-6H2,1H3;7-8H,3-6H2,1-2H3;2*5-6H,1-4H2;5-8H,1-4H2;7*1H4;1H/t7-,8+,10?;8-,9+,10?;7-,8+,10?;8-,9+,10?;8-,9+;7-,8+;3*5-,6+;;;;;;;;. The number of carbonyl (C=O) groups excluding carboxylic acids is 2. The number of rotatable bonds is 14. The number of allylic oxidation sites excluding steroid dienone is 2. The van der Waals surface area contributed by atoms with Crippen LogP contribution in [0, 0.1) is 138 Å². The fourth-order valence-electron chi connectivity index (χ4n) is 20.5. The van der Waals surface area contributed by atoms with Gasteiger partial charge in [0, 0.05) is 60.0 Å². The Hall–Kier alpha value is -1.16. The van der Waals surface area contributed by atoms with Crippen LogP contribution in [0.3, 0.4) is 0 Å². The molecule has 16 fully saturated rings. The molecule has 8 N–H and O–H groups in total. The molecular formula is C83H159Br2ClN4O8. The van der Waals surface area contributed by atoms with Gasteiger partial charge in [-0.05, 0) is 335 Å². The Labute approximate surface area is 627 Å². The topological polar surface area (TPSA) is 219 Å². The number of Topliss-reactive ketones (excluding diaryl/α,β-unsaturated/α-hetero) is 1. The lowest BCUT2D eigenvalue weighted by Crippen LogP contribution is -2.31. The highest BCUT2D eigenvalue weighted by Gasteiger charge is 2.54. The summed E-state index contributed by atoms with van der Waals surface area (Å²) >= 11 is 6.97. The molecule has 1 heterocycles. The van der Waals surface area contributed by atoms with E-state index in [1.54, 1.807) is 5.57 Å². The molecule has 1 amide bonds. The highest BCUT2D eigenvalue weighted by Crippen LogP contribution is 2.60. The third kappa shape index (κ3) is 25.0. The third-order valence-corrected chi connectivity index (χ3v) is 30.3. The Balaban J connectivity index is 0.00000108. The van der Waals surface area contributed by atoms with Crippen LogP contribution in [0.25, 0.3) is 0 Å². The molecule has 22 atom stereocenters. The number of fused-ring (bicyclic) bond motifs is 6. The van der Waals surface area contributed by atoms with Crippen molar-refractivity contribution in [2.24, 2.45) is 140 Å². The maximum Gasteiger partial charge on any atom is 0.303 e. The summed E-state index contributed by atoms with van der Waals surface area (Å²) in [5, 5.41) is 41.9. The van der Waals surface area contributed by atoms with Crippen LogP contribution in [-0.2, 0) is 14.4 Å². The molecule has 1 spiro atoms. The smallest absolute Gasteiger partial charge is 0.303 e. The predicted molar refractivity (Wildman–Crippen MR) is 427 cm³/mol. The summed E-state index contributed by atoms with van der Waals surface area (Å²) in [6.07, 6.45) is 48.0. The third-order valence-electron chi connectivity index (χ3n) is 28.6. The molecule has 15 saturated carbocycles. The minimum Gasteiger partial charge on any atom is -0.481 e. The van der Waals surface area contributed by atoms with E-state index < -0.39 is 5.97 Å². The highest BCUT2D eigenvalue weighted by molar-refractivity contribution is 9.09. The second-order valence-corrected chi connectivity index (χ2v) is 34.7. The van der Waals surface area contributed by atoms with E-state index in [1.807, 2.05) is 0 Å². The zero-order valence-electron chi connectivity index (χ0n) is 57.7. The van der Waals surface area contributed by atoms with Gasteiger partial charge in [-0.1, -0.05) is 136 Å². The number of nitrogens with two attached hydrogens (primary N) is 2. The Morgan fingerprint density at radius 2 is 0.827 bits per heavy atom. The van der Waals surface area contributed by atoms with Crippen molar-refractivity contribution < 1.29 is 34.6 Å². The summed E-state index contributed by atoms with van der Waals surface area (Å²) < 4.78 is 0. The van der Waals surface area contributed by atoms with E-state index in [4.69, 9.17) is 26.8 Å². The van der Waals surface area contributed by atoms with Crippen LogP contribution < -0.4 is 16.8 Å². The first-order valence-corrected chi connectivity index (χ1v) is 40.0. The number of carboxylic acids is 1. The van der Waals surface area contributed by atoms with Crippen LogP contribution in [-0.4, -0.2) is 88.0 Å². The summed E-state index contributed by atoms with van der Waals surface area (Å²) in [7, 11) is 0. The first-order valence-electron chi connectivity index (χ1n) is 37.8. The Morgan fingerprint density at radius 1 is 0.510 bits per heavy atom. The normalized spacial score (nSPS) is 39.6. The van der Waals surface area contributed by atoms with Crippen molar-refractivity contribution in [1.82, 2.24) is 5.32 Å². The first-order chi connectivity index (χ1) is 43.3. The van der Waals surface area contributed by atoms with Crippen molar-refractivity contribution in [3.8, 4) is 0 Å². The summed E-state index contributed by atoms with van der Waals surface area (Å²) in [5.74, 6) is 16.3. The van der Waals surface area contributed by atoms with Gasteiger partial charge >= 0.3 is 5.97 Å². The van der Waals surface area contributed by atoms with Gasteiger partial charge < -0.3 is 32.1 Å². The van der Waals surface area contributed by atoms with Gasteiger partial charge in [-0.25, -0.2) is 0 Å². The number of hydrogen-bond donors (Lipinski definition) is 6. The van der Waals surface area contributed by atoms with Gasteiger partial charge in [0.1, 0.15) is 5.78 Å². The Kier molecular flexibility index (Phi) is 44.8. The fourth-order valence-corrected chi connectivity index (χ4v) is 22.2. The van der Waals surface area contributed by atoms with Crippen molar-refractivity contribution in [2.45, 2.75) is 318 Å². The van der Waals surface area contributed by atoms with E-state index in [0.29, 0.717) is 35.0 Å². The molecule has 0 aromatic carbocycles. The highest BCUT2D eigenvalue weighted by atomic mass is 79.9. The average molecular weight is 1540 g/mol. The van der Waals surface area contributed by atoms with E-state index in [9.17, 15) is 24.5 Å². The van der Waals surface area contributed by atoms with E-state index in [0.717, 1.165) is 172 Å². The van der Waals surface area contributed by atoms with Crippen molar-refractivity contribution >= 4 is 61.9 Å². The van der Waals surface area contributed by atoms with Crippen LogP contribution in [0.2, 0.25) is 0 Å². The number of alkyl halides is 2. The number of nitrogens with one attached hydrogen (secondary N) is 1. The van der Waals surface area contributed by atoms with Gasteiger partial charge in [-0.15, -0.1) is 12.4 Å². The number of ketones is 1.